The van der Waals surface area contributed by atoms with Crippen LogP contribution in [-0.4, -0.2) is 44.2 Å². The fourth-order valence-electron chi connectivity index (χ4n) is 2.78. The van der Waals surface area contributed by atoms with Crippen LogP contribution in [-0.2, 0) is 24.3 Å². The summed E-state index contributed by atoms with van der Waals surface area (Å²) in [4.78, 5) is 13.9. The second-order valence-corrected chi connectivity index (χ2v) is 8.08. The van der Waals surface area contributed by atoms with E-state index in [1.807, 2.05) is 0 Å². The number of rotatable bonds is 8. The van der Waals surface area contributed by atoms with Gasteiger partial charge in [0.05, 0.1) is 17.4 Å². The number of carbonyl (C=O) groups is 1. The average Bonchev–Trinajstić information content (AvgIpc) is 3.18. The topological polar surface area (TPSA) is 114 Å². The van der Waals surface area contributed by atoms with Gasteiger partial charge < -0.3 is 14.2 Å². The highest BCUT2D eigenvalue weighted by Crippen LogP contribution is 2.24. The molecule has 2 N–H and O–H groups in total. The van der Waals surface area contributed by atoms with E-state index < -0.39 is 34.0 Å². The Bertz CT molecular complexity index is 967. The molecule has 3 rings (SSSR count). The van der Waals surface area contributed by atoms with E-state index in [9.17, 15) is 22.8 Å². The van der Waals surface area contributed by atoms with E-state index in [1.165, 1.54) is 48.5 Å². The molecule has 0 radical (unpaired) electrons. The maximum Gasteiger partial charge on any atom is 0.267 e. The first-order valence-electron chi connectivity index (χ1n) is 9.10. The zero-order valence-corrected chi connectivity index (χ0v) is 16.8. The maximum absolute atomic E-state index is 12.9. The summed E-state index contributed by atoms with van der Waals surface area (Å²) >= 11 is 0. The van der Waals surface area contributed by atoms with Crippen LogP contribution in [0.5, 0.6) is 11.5 Å². The van der Waals surface area contributed by atoms with Gasteiger partial charge in [0.15, 0.2) is 6.29 Å². The van der Waals surface area contributed by atoms with E-state index >= 15 is 0 Å². The Labute approximate surface area is 172 Å². The van der Waals surface area contributed by atoms with Crippen molar-refractivity contribution in [3.8, 4) is 11.5 Å². The SMILES string of the molecule is CCOC1CC(C(=O)N(O)NS(=O)(=O)c2ccc(Oc3ccc(F)cc3)cc2)CO1. The maximum atomic E-state index is 12.9. The second kappa shape index (κ2) is 9.49. The number of hydrazine groups is 1. The van der Waals surface area contributed by atoms with E-state index in [-0.39, 0.29) is 23.1 Å². The van der Waals surface area contributed by atoms with Gasteiger partial charge in [-0.25, -0.2) is 12.8 Å². The molecule has 2 aromatic carbocycles. The zero-order chi connectivity index (χ0) is 21.7. The second-order valence-electron chi connectivity index (χ2n) is 6.42. The Morgan fingerprint density at radius 2 is 1.80 bits per heavy atom. The third-order valence-electron chi connectivity index (χ3n) is 4.26. The molecule has 0 spiro atoms. The molecule has 1 aliphatic heterocycles. The predicted octanol–water partition coefficient (Wildman–Crippen LogP) is 2.43. The van der Waals surface area contributed by atoms with Gasteiger partial charge >= 0.3 is 0 Å². The molecule has 11 heteroatoms. The molecule has 1 fully saturated rings. The van der Waals surface area contributed by atoms with Crippen LogP contribution in [0.4, 0.5) is 4.39 Å². The smallest absolute Gasteiger partial charge is 0.267 e. The number of hydrogen-bond acceptors (Lipinski definition) is 7. The van der Waals surface area contributed by atoms with Gasteiger partial charge in [-0.2, -0.15) is 0 Å². The zero-order valence-electron chi connectivity index (χ0n) is 16.0. The molecule has 2 aromatic rings. The van der Waals surface area contributed by atoms with Crippen molar-refractivity contribution in [3.63, 3.8) is 0 Å². The standard InChI is InChI=1S/C19H21FN2O7S/c1-2-27-18-11-13(12-28-18)19(23)22(24)21-30(25,26)17-9-7-16(8-10-17)29-15-5-3-14(20)4-6-15/h3-10,13,18,21,24H,2,11-12H2,1H3. The molecule has 162 valence electrons. The molecule has 0 bridgehead atoms. The number of sulfonamides is 1. The van der Waals surface area contributed by atoms with E-state index in [0.29, 0.717) is 18.1 Å². The van der Waals surface area contributed by atoms with Gasteiger partial charge in [-0.3, -0.25) is 10.0 Å². The van der Waals surface area contributed by atoms with E-state index in [0.717, 1.165) is 0 Å². The number of halogens is 1. The predicted molar refractivity (Wildman–Crippen MR) is 101 cm³/mol. The number of hydrogen-bond donors (Lipinski definition) is 2. The van der Waals surface area contributed by atoms with Crippen LogP contribution in [0.25, 0.3) is 0 Å². The Balaban J connectivity index is 1.60. The molecule has 2 unspecified atom stereocenters. The number of carbonyl (C=O) groups excluding carboxylic acids is 1. The van der Waals surface area contributed by atoms with Gasteiger partial charge in [-0.15, -0.1) is 5.17 Å². The van der Waals surface area contributed by atoms with Crippen molar-refractivity contribution in [3.05, 3.63) is 54.3 Å². The van der Waals surface area contributed by atoms with Gasteiger partial charge in [0.2, 0.25) is 0 Å². The summed E-state index contributed by atoms with van der Waals surface area (Å²) in [6.45, 7) is 2.20. The van der Waals surface area contributed by atoms with Gasteiger partial charge in [-0.1, -0.05) is 4.83 Å². The summed E-state index contributed by atoms with van der Waals surface area (Å²) in [5.41, 5.74) is 0. The van der Waals surface area contributed by atoms with Crippen LogP contribution < -0.4 is 9.57 Å². The highest BCUT2D eigenvalue weighted by Gasteiger charge is 2.35. The van der Waals surface area contributed by atoms with Crippen LogP contribution >= 0.6 is 0 Å². The van der Waals surface area contributed by atoms with Crippen LogP contribution in [0.1, 0.15) is 13.3 Å². The number of nitrogens with one attached hydrogen (secondary N) is 1. The molecular weight excluding hydrogens is 419 g/mol. The summed E-state index contributed by atoms with van der Waals surface area (Å²) in [5, 5.41) is 9.85. The fourth-order valence-corrected chi connectivity index (χ4v) is 3.69. The van der Waals surface area contributed by atoms with Gasteiger partial charge in [-0.05, 0) is 55.5 Å². The number of hydroxylamine groups is 1. The number of benzene rings is 2. The fraction of sp³-hybridized carbons (Fsp3) is 0.316. The van der Waals surface area contributed by atoms with Crippen molar-refractivity contribution in [2.45, 2.75) is 24.5 Å². The van der Waals surface area contributed by atoms with Gasteiger partial charge in [0, 0.05) is 13.0 Å². The lowest BCUT2D eigenvalue weighted by Gasteiger charge is -2.18. The van der Waals surface area contributed by atoms with Crippen LogP contribution in [0, 0.1) is 11.7 Å². The van der Waals surface area contributed by atoms with Crippen molar-refractivity contribution >= 4 is 15.9 Å². The minimum Gasteiger partial charge on any atom is -0.457 e. The van der Waals surface area contributed by atoms with Crippen molar-refractivity contribution in [2.24, 2.45) is 5.92 Å². The molecule has 9 nitrogen and oxygen atoms in total. The van der Waals surface area contributed by atoms with Crippen molar-refractivity contribution in [1.82, 2.24) is 10.0 Å². The highest BCUT2D eigenvalue weighted by molar-refractivity contribution is 7.89. The molecule has 1 aliphatic rings. The third kappa shape index (κ3) is 5.52. The first-order valence-corrected chi connectivity index (χ1v) is 10.6. The minimum atomic E-state index is -4.23. The Morgan fingerprint density at radius 3 is 2.40 bits per heavy atom. The molecule has 0 saturated carbocycles. The van der Waals surface area contributed by atoms with E-state index in [1.54, 1.807) is 11.8 Å². The molecule has 0 aromatic heterocycles. The van der Waals surface area contributed by atoms with Crippen LogP contribution in [0.2, 0.25) is 0 Å². The summed E-state index contributed by atoms with van der Waals surface area (Å²) in [7, 11) is -4.23. The first-order chi connectivity index (χ1) is 14.3. The molecule has 30 heavy (non-hydrogen) atoms. The average molecular weight is 440 g/mol. The van der Waals surface area contributed by atoms with E-state index in [2.05, 4.69) is 0 Å². The van der Waals surface area contributed by atoms with Crippen LogP contribution in [0.3, 0.4) is 0 Å². The minimum absolute atomic E-state index is 0.0116. The number of amides is 1. The Hall–Kier alpha value is -2.57. The lowest BCUT2D eigenvalue weighted by molar-refractivity contribution is -0.177. The Morgan fingerprint density at radius 1 is 1.20 bits per heavy atom. The number of ether oxygens (including phenoxy) is 3. The molecular formula is C19H21FN2O7S. The summed E-state index contributed by atoms with van der Waals surface area (Å²) in [6.07, 6.45) is -0.358. The molecule has 0 aliphatic carbocycles. The summed E-state index contributed by atoms with van der Waals surface area (Å²) in [5.74, 6) is -1.29. The summed E-state index contributed by atoms with van der Waals surface area (Å²) < 4.78 is 53.8. The van der Waals surface area contributed by atoms with E-state index in [4.69, 9.17) is 14.2 Å². The quantitative estimate of drug-likeness (QED) is 0.479. The largest absolute Gasteiger partial charge is 0.457 e. The van der Waals surface area contributed by atoms with Crippen LogP contribution in [0.15, 0.2) is 53.4 Å². The van der Waals surface area contributed by atoms with Gasteiger partial charge in [0.25, 0.3) is 15.9 Å². The molecule has 1 amide bonds. The lowest BCUT2D eigenvalue weighted by Crippen LogP contribution is -2.46. The van der Waals surface area contributed by atoms with Crippen molar-refractivity contribution < 1.29 is 37.0 Å². The normalized spacial score (nSPS) is 18.9. The summed E-state index contributed by atoms with van der Waals surface area (Å²) in [6, 6.07) is 10.6. The van der Waals surface area contributed by atoms with Crippen molar-refractivity contribution in [1.29, 1.82) is 0 Å². The molecule has 1 saturated heterocycles. The first kappa shape index (κ1) is 22.1. The molecule has 1 heterocycles. The third-order valence-corrected chi connectivity index (χ3v) is 5.57. The molecule has 2 atom stereocenters. The lowest BCUT2D eigenvalue weighted by atomic mass is 10.1. The van der Waals surface area contributed by atoms with Crippen molar-refractivity contribution in [2.75, 3.05) is 13.2 Å². The monoisotopic (exact) mass is 440 g/mol. The Kier molecular flexibility index (Phi) is 7.00. The highest BCUT2D eigenvalue weighted by atomic mass is 32.2. The van der Waals surface area contributed by atoms with Gasteiger partial charge in [0.1, 0.15) is 17.3 Å². The number of nitrogens with zero attached hydrogens (tertiary/aromatic N) is 1.